The summed E-state index contributed by atoms with van der Waals surface area (Å²) in [7, 11) is 0. The number of hydrogen-bond donors (Lipinski definition) is 1. The average Bonchev–Trinajstić information content (AvgIpc) is 2.16. The molecule has 13 heavy (non-hydrogen) atoms. The molecule has 0 fully saturated rings. The van der Waals surface area contributed by atoms with E-state index >= 15 is 0 Å². The molecule has 1 aliphatic heterocycles. The van der Waals surface area contributed by atoms with Gasteiger partial charge in [-0.05, 0) is 29.7 Å². The molecule has 1 aromatic rings. The highest BCUT2D eigenvalue weighted by atomic mass is 79.9. The molecule has 70 valence electrons. The van der Waals surface area contributed by atoms with Crippen molar-refractivity contribution >= 4 is 15.9 Å². The van der Waals surface area contributed by atoms with Crippen molar-refractivity contribution in [2.24, 2.45) is 0 Å². The average molecular weight is 243 g/mol. The monoisotopic (exact) mass is 242 g/mol. The second-order valence-corrected chi connectivity index (χ2v) is 3.79. The molecule has 0 saturated heterocycles. The van der Waals surface area contributed by atoms with E-state index in [1.165, 1.54) is 11.1 Å². The number of rotatable bonds is 1. The fourth-order valence-corrected chi connectivity index (χ4v) is 2.19. The van der Waals surface area contributed by atoms with Gasteiger partial charge in [0, 0.05) is 5.33 Å². The van der Waals surface area contributed by atoms with Gasteiger partial charge in [0.1, 0.15) is 5.75 Å². The number of phenolic OH excluding ortho intramolecular Hbond substituents is 1. The Kier molecular flexibility index (Phi) is 2.56. The minimum atomic E-state index is 0.143. The molecule has 3 heteroatoms. The van der Waals surface area contributed by atoms with Crippen LogP contribution >= 0.6 is 15.9 Å². The van der Waals surface area contributed by atoms with Gasteiger partial charge < -0.3 is 9.84 Å². The zero-order valence-electron chi connectivity index (χ0n) is 7.16. The molecule has 0 amide bonds. The Hall–Kier alpha value is -0.540. The summed E-state index contributed by atoms with van der Waals surface area (Å²) in [4.78, 5) is 0. The van der Waals surface area contributed by atoms with Crippen molar-refractivity contribution in [3.05, 3.63) is 29.3 Å². The van der Waals surface area contributed by atoms with Crippen molar-refractivity contribution in [3.8, 4) is 5.75 Å². The van der Waals surface area contributed by atoms with Crippen LogP contribution in [0.5, 0.6) is 5.75 Å². The Morgan fingerprint density at radius 3 is 3.15 bits per heavy atom. The predicted octanol–water partition coefficient (Wildman–Crippen LogP) is 2.40. The van der Waals surface area contributed by atoms with Crippen LogP contribution in [0.2, 0.25) is 0 Å². The molecule has 0 aliphatic carbocycles. The number of aromatic hydroxyl groups is 1. The van der Waals surface area contributed by atoms with Gasteiger partial charge in [-0.2, -0.15) is 0 Å². The summed E-state index contributed by atoms with van der Waals surface area (Å²) in [6.45, 7) is 0.743. The maximum absolute atomic E-state index is 9.29. The highest BCUT2D eigenvalue weighted by molar-refractivity contribution is 9.09. The highest BCUT2D eigenvalue weighted by Gasteiger charge is 2.19. The minimum Gasteiger partial charge on any atom is -0.508 e. The smallest absolute Gasteiger partial charge is 0.115 e. The Balaban J connectivity index is 2.40. The largest absolute Gasteiger partial charge is 0.508 e. The van der Waals surface area contributed by atoms with Crippen LogP contribution in [0.4, 0.5) is 0 Å². The summed E-state index contributed by atoms with van der Waals surface area (Å²) < 4.78 is 5.56. The molecule has 1 N–H and O–H groups in total. The van der Waals surface area contributed by atoms with Crippen LogP contribution in [0.15, 0.2) is 18.2 Å². The van der Waals surface area contributed by atoms with E-state index in [2.05, 4.69) is 15.9 Å². The van der Waals surface area contributed by atoms with Crippen LogP contribution in [0.3, 0.4) is 0 Å². The van der Waals surface area contributed by atoms with E-state index in [0.29, 0.717) is 5.75 Å². The Labute approximate surface area is 85.7 Å². The van der Waals surface area contributed by atoms with Gasteiger partial charge in [-0.15, -0.1) is 0 Å². The second kappa shape index (κ2) is 3.68. The molecule has 1 atom stereocenters. The molecule has 0 spiro atoms. The third kappa shape index (κ3) is 1.71. The summed E-state index contributed by atoms with van der Waals surface area (Å²) in [5.74, 6) is 0.342. The standard InChI is InChI=1S/C10H11BrO2/c11-6-10-9-2-1-8(12)5-7(9)3-4-13-10/h1-2,5,10,12H,3-4,6H2. The van der Waals surface area contributed by atoms with E-state index in [1.807, 2.05) is 12.1 Å². The van der Waals surface area contributed by atoms with Crippen LogP contribution in [0.1, 0.15) is 17.2 Å². The Morgan fingerprint density at radius 2 is 2.38 bits per heavy atom. The number of fused-ring (bicyclic) bond motifs is 1. The third-order valence-electron chi connectivity index (χ3n) is 2.30. The predicted molar refractivity (Wildman–Crippen MR) is 54.3 cm³/mol. The van der Waals surface area contributed by atoms with Crippen LogP contribution in [-0.4, -0.2) is 17.0 Å². The lowest BCUT2D eigenvalue weighted by molar-refractivity contribution is 0.0595. The quantitative estimate of drug-likeness (QED) is 0.767. The molecule has 0 bridgehead atoms. The first-order valence-corrected chi connectivity index (χ1v) is 5.43. The molecule has 2 nitrogen and oxygen atoms in total. The maximum Gasteiger partial charge on any atom is 0.115 e. The zero-order chi connectivity index (χ0) is 9.26. The fourth-order valence-electron chi connectivity index (χ4n) is 1.65. The second-order valence-electron chi connectivity index (χ2n) is 3.15. The fraction of sp³-hybridized carbons (Fsp3) is 0.400. The summed E-state index contributed by atoms with van der Waals surface area (Å²) in [6, 6.07) is 5.48. The first-order valence-electron chi connectivity index (χ1n) is 4.30. The molecule has 1 heterocycles. The number of benzene rings is 1. The highest BCUT2D eigenvalue weighted by Crippen LogP contribution is 2.30. The molecule has 1 aromatic carbocycles. The van der Waals surface area contributed by atoms with Gasteiger partial charge in [-0.1, -0.05) is 22.0 Å². The summed E-state index contributed by atoms with van der Waals surface area (Å²) >= 11 is 3.41. The van der Waals surface area contributed by atoms with Crippen molar-refractivity contribution in [2.45, 2.75) is 12.5 Å². The molecule has 0 radical (unpaired) electrons. The lowest BCUT2D eigenvalue weighted by Crippen LogP contribution is -2.16. The number of phenols is 1. The van der Waals surface area contributed by atoms with Crippen molar-refractivity contribution in [3.63, 3.8) is 0 Å². The van der Waals surface area contributed by atoms with Gasteiger partial charge in [0.2, 0.25) is 0 Å². The molecule has 1 unspecified atom stereocenters. The summed E-state index contributed by atoms with van der Waals surface area (Å²) in [6.07, 6.45) is 1.04. The summed E-state index contributed by atoms with van der Waals surface area (Å²) in [5.41, 5.74) is 2.40. The number of halogens is 1. The van der Waals surface area contributed by atoms with Crippen molar-refractivity contribution in [1.29, 1.82) is 0 Å². The third-order valence-corrected chi connectivity index (χ3v) is 2.89. The summed E-state index contributed by atoms with van der Waals surface area (Å²) in [5, 5.41) is 10.1. The molecule has 0 aromatic heterocycles. The number of hydrogen-bond acceptors (Lipinski definition) is 2. The number of ether oxygens (including phenoxy) is 1. The van der Waals surface area contributed by atoms with Gasteiger partial charge >= 0.3 is 0 Å². The Morgan fingerprint density at radius 1 is 1.54 bits per heavy atom. The lowest BCUT2D eigenvalue weighted by Gasteiger charge is -2.24. The SMILES string of the molecule is Oc1ccc2c(c1)CCOC2CBr. The number of alkyl halides is 1. The van der Waals surface area contributed by atoms with Crippen LogP contribution in [0, 0.1) is 0 Å². The normalized spacial score (nSPS) is 21.2. The zero-order valence-corrected chi connectivity index (χ0v) is 8.75. The van der Waals surface area contributed by atoms with Gasteiger partial charge in [-0.3, -0.25) is 0 Å². The topological polar surface area (TPSA) is 29.5 Å². The van der Waals surface area contributed by atoms with Crippen LogP contribution in [-0.2, 0) is 11.2 Å². The van der Waals surface area contributed by atoms with E-state index in [4.69, 9.17) is 4.74 Å². The molecular weight excluding hydrogens is 232 g/mol. The maximum atomic E-state index is 9.29. The first kappa shape index (κ1) is 9.03. The van der Waals surface area contributed by atoms with Crippen LogP contribution in [0.25, 0.3) is 0 Å². The van der Waals surface area contributed by atoms with Gasteiger partial charge in [-0.25, -0.2) is 0 Å². The van der Waals surface area contributed by atoms with E-state index in [0.717, 1.165) is 18.4 Å². The lowest BCUT2D eigenvalue weighted by atomic mass is 9.98. The first-order chi connectivity index (χ1) is 6.31. The molecular formula is C10H11BrO2. The molecule has 2 rings (SSSR count). The van der Waals surface area contributed by atoms with E-state index in [-0.39, 0.29) is 6.10 Å². The van der Waals surface area contributed by atoms with E-state index in [1.54, 1.807) is 6.07 Å². The van der Waals surface area contributed by atoms with Crippen molar-refractivity contribution in [1.82, 2.24) is 0 Å². The Bertz CT molecular complexity index is 312. The van der Waals surface area contributed by atoms with E-state index in [9.17, 15) is 5.11 Å². The van der Waals surface area contributed by atoms with E-state index < -0.39 is 0 Å². The van der Waals surface area contributed by atoms with Gasteiger partial charge in [0.05, 0.1) is 12.7 Å². The van der Waals surface area contributed by atoms with Gasteiger partial charge in [0.25, 0.3) is 0 Å². The van der Waals surface area contributed by atoms with Crippen molar-refractivity contribution in [2.75, 3.05) is 11.9 Å². The van der Waals surface area contributed by atoms with Crippen molar-refractivity contribution < 1.29 is 9.84 Å². The minimum absolute atomic E-state index is 0.143. The molecule has 1 aliphatic rings. The van der Waals surface area contributed by atoms with Crippen LogP contribution < -0.4 is 0 Å². The molecule has 0 saturated carbocycles. The van der Waals surface area contributed by atoms with Gasteiger partial charge in [0.15, 0.2) is 0 Å².